The summed E-state index contributed by atoms with van der Waals surface area (Å²) >= 11 is 1.29. The van der Waals surface area contributed by atoms with Gasteiger partial charge in [0.05, 0.1) is 20.7 Å². The molecule has 0 unspecified atom stereocenters. The molecule has 0 fully saturated rings. The lowest BCUT2D eigenvalue weighted by Gasteiger charge is -2.11. The van der Waals surface area contributed by atoms with Gasteiger partial charge in [-0.3, -0.25) is 0 Å². The fourth-order valence-electron chi connectivity index (χ4n) is 3.20. The van der Waals surface area contributed by atoms with Gasteiger partial charge >= 0.3 is 6.18 Å². The number of thiophene rings is 1. The average Bonchev–Trinajstić information content (AvgIpc) is 3.41. The molecule has 3 heterocycles. The number of alkyl halides is 3. The van der Waals surface area contributed by atoms with Crippen LogP contribution in [0.15, 0.2) is 76.0 Å². The van der Waals surface area contributed by atoms with Gasteiger partial charge in [0, 0.05) is 5.69 Å². The number of hydrogen-bond donors (Lipinski definition) is 1. The Balaban J connectivity index is 1.68. The molecule has 2 aromatic carbocycles. The van der Waals surface area contributed by atoms with E-state index in [1.54, 1.807) is 29.6 Å². The standard InChI is InChI=1S/C20H12F3N5O2S2/c21-20(22,23)12-5-4-6-13(11-12)24-17-16-15(9-10-31-16)28-18(25-17)19(26-27-28)32(29,30)14-7-2-1-3-8-14/h1-11H,(H,24,25). The minimum atomic E-state index is -4.50. The van der Waals surface area contributed by atoms with Crippen molar-refractivity contribution in [3.8, 4) is 0 Å². The number of fused-ring (bicyclic) bond motifs is 3. The van der Waals surface area contributed by atoms with Crippen LogP contribution in [0.4, 0.5) is 24.7 Å². The van der Waals surface area contributed by atoms with Crippen molar-refractivity contribution in [1.29, 1.82) is 0 Å². The Labute approximate surface area is 183 Å². The Morgan fingerprint density at radius 1 is 1.00 bits per heavy atom. The maximum atomic E-state index is 13.1. The third-order valence-electron chi connectivity index (χ3n) is 4.68. The van der Waals surface area contributed by atoms with E-state index in [2.05, 4.69) is 20.6 Å². The van der Waals surface area contributed by atoms with Gasteiger partial charge in [-0.25, -0.2) is 13.4 Å². The number of sulfone groups is 1. The molecule has 0 spiro atoms. The molecular formula is C20H12F3N5O2S2. The minimum absolute atomic E-state index is 0.0296. The van der Waals surface area contributed by atoms with Gasteiger partial charge in [0.2, 0.25) is 14.9 Å². The fourth-order valence-corrected chi connectivity index (χ4v) is 5.28. The number of hydrogen-bond acceptors (Lipinski definition) is 7. The van der Waals surface area contributed by atoms with Gasteiger partial charge in [0.25, 0.3) is 0 Å². The molecule has 0 bridgehead atoms. The lowest BCUT2D eigenvalue weighted by atomic mass is 10.2. The van der Waals surface area contributed by atoms with E-state index in [1.165, 1.54) is 40.1 Å². The number of benzene rings is 2. The molecule has 5 rings (SSSR count). The van der Waals surface area contributed by atoms with Gasteiger partial charge in [-0.05, 0) is 41.8 Å². The van der Waals surface area contributed by atoms with Crippen LogP contribution in [0.2, 0.25) is 0 Å². The molecule has 0 aliphatic rings. The summed E-state index contributed by atoms with van der Waals surface area (Å²) in [6, 6.07) is 14.1. The van der Waals surface area contributed by atoms with Crippen LogP contribution in [0.25, 0.3) is 15.9 Å². The molecule has 32 heavy (non-hydrogen) atoms. The molecule has 0 saturated carbocycles. The molecule has 0 amide bonds. The van der Waals surface area contributed by atoms with Crippen LogP contribution >= 0.6 is 11.3 Å². The molecule has 7 nitrogen and oxygen atoms in total. The molecule has 5 aromatic rings. The highest BCUT2D eigenvalue weighted by Gasteiger charge is 2.31. The number of halogens is 3. The predicted molar refractivity (Wildman–Crippen MR) is 113 cm³/mol. The molecule has 0 radical (unpaired) electrons. The Kier molecular flexibility index (Phi) is 4.64. The number of anilines is 2. The van der Waals surface area contributed by atoms with Crippen LogP contribution in [0, 0.1) is 0 Å². The van der Waals surface area contributed by atoms with Crippen LogP contribution in [0.1, 0.15) is 5.56 Å². The second kappa shape index (κ2) is 7.28. The third-order valence-corrected chi connectivity index (χ3v) is 7.26. The first-order valence-corrected chi connectivity index (χ1v) is 11.5. The van der Waals surface area contributed by atoms with E-state index in [4.69, 9.17) is 0 Å². The highest BCUT2D eigenvalue weighted by atomic mass is 32.2. The third kappa shape index (κ3) is 3.37. The topological polar surface area (TPSA) is 89.2 Å². The van der Waals surface area contributed by atoms with Gasteiger partial charge in [-0.15, -0.1) is 16.4 Å². The fraction of sp³-hybridized carbons (Fsp3) is 0.0500. The molecule has 3 aromatic heterocycles. The number of aromatic nitrogens is 4. The molecule has 0 aliphatic carbocycles. The Morgan fingerprint density at radius 2 is 1.78 bits per heavy atom. The van der Waals surface area contributed by atoms with Crippen molar-refractivity contribution in [3.63, 3.8) is 0 Å². The van der Waals surface area contributed by atoms with Crippen LogP contribution in [-0.2, 0) is 16.0 Å². The van der Waals surface area contributed by atoms with Gasteiger partial charge < -0.3 is 5.32 Å². The molecule has 1 N–H and O–H groups in total. The molecule has 0 aliphatic heterocycles. The molecule has 0 atom stereocenters. The van der Waals surface area contributed by atoms with E-state index >= 15 is 0 Å². The summed E-state index contributed by atoms with van der Waals surface area (Å²) in [7, 11) is -4.02. The highest BCUT2D eigenvalue weighted by molar-refractivity contribution is 7.91. The average molecular weight is 475 g/mol. The van der Waals surface area contributed by atoms with Crippen LogP contribution in [0.5, 0.6) is 0 Å². The summed E-state index contributed by atoms with van der Waals surface area (Å²) in [6.07, 6.45) is -4.50. The first kappa shape index (κ1) is 20.4. The zero-order valence-electron chi connectivity index (χ0n) is 15.9. The number of nitrogens with zero attached hydrogens (tertiary/aromatic N) is 4. The lowest BCUT2D eigenvalue weighted by molar-refractivity contribution is -0.137. The predicted octanol–water partition coefficient (Wildman–Crippen LogP) is 4.93. The normalized spacial score (nSPS) is 12.5. The van der Waals surface area contributed by atoms with Gasteiger partial charge in [0.15, 0.2) is 11.5 Å². The van der Waals surface area contributed by atoms with E-state index in [0.29, 0.717) is 10.2 Å². The van der Waals surface area contributed by atoms with Gasteiger partial charge in [-0.1, -0.05) is 29.5 Å². The summed E-state index contributed by atoms with van der Waals surface area (Å²) < 4.78 is 67.4. The Morgan fingerprint density at radius 3 is 2.53 bits per heavy atom. The second-order valence-corrected chi connectivity index (χ2v) is 9.53. The lowest BCUT2D eigenvalue weighted by Crippen LogP contribution is -2.06. The van der Waals surface area contributed by atoms with E-state index < -0.39 is 21.6 Å². The summed E-state index contributed by atoms with van der Waals surface area (Å²) in [4.78, 5) is 4.42. The monoisotopic (exact) mass is 475 g/mol. The summed E-state index contributed by atoms with van der Waals surface area (Å²) in [6.45, 7) is 0. The summed E-state index contributed by atoms with van der Waals surface area (Å²) in [5.41, 5.74) is -0.165. The van der Waals surface area contributed by atoms with Crippen molar-refractivity contribution in [3.05, 3.63) is 71.6 Å². The van der Waals surface area contributed by atoms with E-state index in [0.717, 1.165) is 12.1 Å². The maximum Gasteiger partial charge on any atom is 0.416 e. The van der Waals surface area contributed by atoms with Gasteiger partial charge in [0.1, 0.15) is 0 Å². The molecule has 12 heteroatoms. The van der Waals surface area contributed by atoms with Crippen molar-refractivity contribution in [2.45, 2.75) is 16.1 Å². The zero-order valence-corrected chi connectivity index (χ0v) is 17.5. The minimum Gasteiger partial charge on any atom is -0.339 e. The SMILES string of the molecule is O=S(=O)(c1ccccc1)c1nnn2c1nc(Nc1cccc(C(F)(F)F)c1)c1sccc12. The first-order valence-electron chi connectivity index (χ1n) is 9.12. The van der Waals surface area contributed by atoms with Crippen molar-refractivity contribution < 1.29 is 21.6 Å². The zero-order chi connectivity index (χ0) is 22.5. The first-order chi connectivity index (χ1) is 15.2. The van der Waals surface area contributed by atoms with Crippen LogP contribution in [0.3, 0.4) is 0 Å². The maximum absolute atomic E-state index is 13.1. The highest BCUT2D eigenvalue weighted by Crippen LogP contribution is 2.35. The number of rotatable bonds is 4. The molecule has 0 saturated heterocycles. The Bertz CT molecular complexity index is 1560. The Hall–Kier alpha value is -3.51. The van der Waals surface area contributed by atoms with E-state index in [9.17, 15) is 21.6 Å². The van der Waals surface area contributed by atoms with Crippen molar-refractivity contribution >= 4 is 48.5 Å². The van der Waals surface area contributed by atoms with Crippen molar-refractivity contribution in [1.82, 2.24) is 19.8 Å². The molecular weight excluding hydrogens is 463 g/mol. The number of nitrogens with one attached hydrogen (secondary N) is 1. The van der Waals surface area contributed by atoms with Crippen LogP contribution < -0.4 is 5.32 Å². The van der Waals surface area contributed by atoms with Crippen molar-refractivity contribution in [2.24, 2.45) is 0 Å². The van der Waals surface area contributed by atoms with Crippen molar-refractivity contribution in [2.75, 3.05) is 5.32 Å². The molecule has 162 valence electrons. The van der Waals surface area contributed by atoms with Gasteiger partial charge in [-0.2, -0.15) is 17.7 Å². The smallest absolute Gasteiger partial charge is 0.339 e. The van der Waals surface area contributed by atoms with E-state index in [1.807, 2.05) is 0 Å². The quantitative estimate of drug-likeness (QED) is 0.396. The van der Waals surface area contributed by atoms with E-state index in [-0.39, 0.29) is 27.1 Å². The summed E-state index contributed by atoms with van der Waals surface area (Å²) in [5, 5.41) is 12.1. The second-order valence-electron chi connectivity index (χ2n) is 6.75. The summed E-state index contributed by atoms with van der Waals surface area (Å²) in [5.74, 6) is 0.202. The largest absolute Gasteiger partial charge is 0.416 e. The van der Waals surface area contributed by atoms with Crippen LogP contribution in [-0.4, -0.2) is 28.2 Å².